The van der Waals surface area contributed by atoms with Gasteiger partial charge in [0.1, 0.15) is 5.15 Å². The quantitative estimate of drug-likeness (QED) is 0.658. The lowest BCUT2D eigenvalue weighted by atomic mass is 10.1. The van der Waals surface area contributed by atoms with E-state index in [0.717, 1.165) is 0 Å². The fraction of sp³-hybridized carbons (Fsp3) is 0.0769. The molecule has 0 unspecified atom stereocenters. The van der Waals surface area contributed by atoms with Gasteiger partial charge in [-0.2, -0.15) is 0 Å². The molecule has 4 nitrogen and oxygen atoms in total. The summed E-state index contributed by atoms with van der Waals surface area (Å²) in [5.74, 6) is -0.318. The van der Waals surface area contributed by atoms with Crippen molar-refractivity contribution >= 4 is 40.5 Å². The second-order valence-corrected chi connectivity index (χ2v) is 4.78. The summed E-state index contributed by atoms with van der Waals surface area (Å²) in [6.45, 7) is 1.76. The summed E-state index contributed by atoms with van der Waals surface area (Å²) in [5, 5.41) is 3.59. The smallest absolute Gasteiger partial charge is 0.257 e. The maximum absolute atomic E-state index is 12.1. The first-order valence-corrected chi connectivity index (χ1v) is 6.22. The van der Waals surface area contributed by atoms with E-state index >= 15 is 0 Å². The Labute approximate surface area is 120 Å². The van der Waals surface area contributed by atoms with Crippen LogP contribution in [0.1, 0.15) is 16.1 Å². The number of nitrogens with two attached hydrogens (primary N) is 1. The third-order valence-electron chi connectivity index (χ3n) is 2.56. The van der Waals surface area contributed by atoms with Gasteiger partial charge in [-0.3, -0.25) is 4.79 Å². The first-order chi connectivity index (χ1) is 8.97. The van der Waals surface area contributed by atoms with Gasteiger partial charge in [-0.1, -0.05) is 23.2 Å². The van der Waals surface area contributed by atoms with Gasteiger partial charge in [-0.15, -0.1) is 0 Å². The predicted octanol–water partition coefficient (Wildman–Crippen LogP) is 3.53. The number of pyridine rings is 1. The van der Waals surface area contributed by atoms with Crippen molar-refractivity contribution in [2.24, 2.45) is 0 Å². The molecule has 1 aromatic carbocycles. The van der Waals surface area contributed by atoms with Gasteiger partial charge in [0.25, 0.3) is 5.91 Å². The Hall–Kier alpha value is -1.78. The Morgan fingerprint density at radius 2 is 2.00 bits per heavy atom. The zero-order valence-corrected chi connectivity index (χ0v) is 11.6. The largest absolute Gasteiger partial charge is 0.398 e. The highest BCUT2D eigenvalue weighted by Gasteiger charge is 2.11. The maximum Gasteiger partial charge on any atom is 0.257 e. The third-order valence-corrected chi connectivity index (χ3v) is 3.00. The zero-order chi connectivity index (χ0) is 14.0. The van der Waals surface area contributed by atoms with Gasteiger partial charge in [-0.05, 0) is 37.3 Å². The molecule has 0 bridgehead atoms. The van der Waals surface area contributed by atoms with Crippen molar-refractivity contribution in [3.63, 3.8) is 0 Å². The number of nitrogens with zero attached hydrogens (tertiary/aromatic N) is 1. The number of rotatable bonds is 2. The highest BCUT2D eigenvalue weighted by atomic mass is 35.5. The van der Waals surface area contributed by atoms with Crippen LogP contribution < -0.4 is 11.1 Å². The number of anilines is 2. The van der Waals surface area contributed by atoms with Crippen LogP contribution in [0.2, 0.25) is 10.2 Å². The number of nitrogen functional groups attached to an aromatic ring is 1. The van der Waals surface area contributed by atoms with Crippen LogP contribution in [-0.4, -0.2) is 10.9 Å². The van der Waals surface area contributed by atoms with Crippen LogP contribution in [0.5, 0.6) is 0 Å². The number of aryl methyl sites for hydroxylation is 1. The second-order valence-electron chi connectivity index (χ2n) is 3.95. The Morgan fingerprint density at radius 1 is 1.26 bits per heavy atom. The molecule has 98 valence electrons. The Balaban J connectivity index is 2.25. The van der Waals surface area contributed by atoms with E-state index in [2.05, 4.69) is 10.3 Å². The second kappa shape index (κ2) is 5.47. The number of carbonyl (C=O) groups excluding carboxylic acids is 1. The summed E-state index contributed by atoms with van der Waals surface area (Å²) in [6, 6.07) is 8.01. The number of aromatic nitrogens is 1. The fourth-order valence-corrected chi connectivity index (χ4v) is 1.96. The van der Waals surface area contributed by atoms with Crippen LogP contribution >= 0.6 is 23.2 Å². The molecular formula is C13H11Cl2N3O. The number of benzene rings is 1. The molecular weight excluding hydrogens is 285 g/mol. The van der Waals surface area contributed by atoms with Crippen LogP contribution in [0, 0.1) is 6.92 Å². The van der Waals surface area contributed by atoms with Crippen LogP contribution in [-0.2, 0) is 0 Å². The third kappa shape index (κ3) is 3.16. The van der Waals surface area contributed by atoms with E-state index in [-0.39, 0.29) is 5.91 Å². The molecule has 2 aromatic rings. The van der Waals surface area contributed by atoms with E-state index in [1.165, 1.54) is 6.07 Å². The minimum atomic E-state index is -0.318. The van der Waals surface area contributed by atoms with Gasteiger partial charge in [0.15, 0.2) is 0 Å². The normalized spacial score (nSPS) is 10.3. The van der Waals surface area contributed by atoms with Crippen LogP contribution in [0.15, 0.2) is 30.3 Å². The number of nitrogens with one attached hydrogen (secondary N) is 1. The first-order valence-electron chi connectivity index (χ1n) is 5.47. The molecule has 0 fully saturated rings. The number of amides is 1. The molecule has 0 saturated carbocycles. The van der Waals surface area contributed by atoms with Crippen molar-refractivity contribution in [2.75, 3.05) is 11.1 Å². The SMILES string of the molecule is Cc1nc(Cl)ccc1NC(=O)c1ccc(Cl)cc1N. The molecule has 1 heterocycles. The van der Waals surface area contributed by atoms with E-state index in [1.54, 1.807) is 31.2 Å². The Bertz CT molecular complexity index is 644. The Morgan fingerprint density at radius 3 is 2.63 bits per heavy atom. The van der Waals surface area contributed by atoms with E-state index < -0.39 is 0 Å². The van der Waals surface area contributed by atoms with Crippen molar-refractivity contribution < 1.29 is 4.79 Å². The van der Waals surface area contributed by atoms with Crippen molar-refractivity contribution in [3.8, 4) is 0 Å². The Kier molecular flexibility index (Phi) is 3.93. The average Bonchev–Trinajstić information content (AvgIpc) is 2.32. The molecule has 6 heteroatoms. The standard InChI is InChI=1S/C13H11Cl2N3O/c1-7-11(4-5-12(15)17-7)18-13(19)9-3-2-8(14)6-10(9)16/h2-6H,16H2,1H3,(H,18,19). The molecule has 2 rings (SSSR count). The van der Waals surface area contributed by atoms with Crippen LogP contribution in [0.25, 0.3) is 0 Å². The average molecular weight is 296 g/mol. The van der Waals surface area contributed by atoms with Gasteiger partial charge in [0, 0.05) is 10.7 Å². The number of halogens is 2. The van der Waals surface area contributed by atoms with Crippen molar-refractivity contribution in [2.45, 2.75) is 6.92 Å². The fourth-order valence-electron chi connectivity index (χ4n) is 1.59. The van der Waals surface area contributed by atoms with Gasteiger partial charge in [-0.25, -0.2) is 4.98 Å². The molecule has 0 atom stereocenters. The summed E-state index contributed by atoms with van der Waals surface area (Å²) < 4.78 is 0. The topological polar surface area (TPSA) is 68.0 Å². The van der Waals surface area contributed by atoms with Crippen molar-refractivity contribution in [3.05, 3.63) is 51.8 Å². The lowest BCUT2D eigenvalue weighted by Gasteiger charge is -2.09. The zero-order valence-electron chi connectivity index (χ0n) is 10.1. The highest BCUT2D eigenvalue weighted by molar-refractivity contribution is 6.31. The molecule has 0 spiro atoms. The molecule has 0 saturated heterocycles. The monoisotopic (exact) mass is 295 g/mol. The molecule has 1 amide bonds. The molecule has 0 aliphatic rings. The minimum Gasteiger partial charge on any atom is -0.398 e. The van der Waals surface area contributed by atoms with Gasteiger partial charge < -0.3 is 11.1 Å². The van der Waals surface area contributed by atoms with E-state index in [4.69, 9.17) is 28.9 Å². The summed E-state index contributed by atoms with van der Waals surface area (Å²) in [5.41, 5.74) is 7.66. The summed E-state index contributed by atoms with van der Waals surface area (Å²) in [4.78, 5) is 16.1. The lowest BCUT2D eigenvalue weighted by Crippen LogP contribution is -2.15. The molecule has 1 aromatic heterocycles. The predicted molar refractivity (Wildman–Crippen MR) is 77.8 cm³/mol. The number of carbonyl (C=O) groups is 1. The highest BCUT2D eigenvalue weighted by Crippen LogP contribution is 2.21. The first kappa shape index (κ1) is 13.6. The van der Waals surface area contributed by atoms with Crippen LogP contribution in [0.3, 0.4) is 0 Å². The number of hydrogen-bond donors (Lipinski definition) is 2. The summed E-state index contributed by atoms with van der Waals surface area (Å²) in [6.07, 6.45) is 0. The molecule has 3 N–H and O–H groups in total. The molecule has 0 aliphatic carbocycles. The van der Waals surface area contributed by atoms with Crippen LogP contribution in [0.4, 0.5) is 11.4 Å². The minimum absolute atomic E-state index is 0.318. The molecule has 0 aliphatic heterocycles. The lowest BCUT2D eigenvalue weighted by molar-refractivity contribution is 0.102. The van der Waals surface area contributed by atoms with E-state index in [9.17, 15) is 4.79 Å². The van der Waals surface area contributed by atoms with Crippen molar-refractivity contribution in [1.82, 2.24) is 4.98 Å². The molecule has 0 radical (unpaired) electrons. The number of hydrogen-bond acceptors (Lipinski definition) is 3. The van der Waals surface area contributed by atoms with Crippen molar-refractivity contribution in [1.29, 1.82) is 0 Å². The molecule has 19 heavy (non-hydrogen) atoms. The maximum atomic E-state index is 12.1. The summed E-state index contributed by atoms with van der Waals surface area (Å²) >= 11 is 11.5. The summed E-state index contributed by atoms with van der Waals surface area (Å²) in [7, 11) is 0. The van der Waals surface area contributed by atoms with Gasteiger partial charge >= 0.3 is 0 Å². The van der Waals surface area contributed by atoms with Gasteiger partial charge in [0.2, 0.25) is 0 Å². The van der Waals surface area contributed by atoms with E-state index in [1.807, 2.05) is 0 Å². The van der Waals surface area contributed by atoms with E-state index in [0.29, 0.717) is 32.8 Å². The van der Waals surface area contributed by atoms with Gasteiger partial charge in [0.05, 0.1) is 16.9 Å².